The Kier molecular flexibility index (Phi) is 5.77. The van der Waals surface area contributed by atoms with E-state index >= 15 is 0 Å². The highest BCUT2D eigenvalue weighted by Crippen LogP contribution is 2.25. The van der Waals surface area contributed by atoms with Crippen LogP contribution in [0.2, 0.25) is 0 Å². The molecule has 0 radical (unpaired) electrons. The predicted octanol–water partition coefficient (Wildman–Crippen LogP) is 2.93. The average Bonchev–Trinajstić information content (AvgIpc) is 3.29. The third-order valence-electron chi connectivity index (χ3n) is 4.78. The SMILES string of the molecule is Cc1cc(C)cc(OCc2nnc(SCC(=O)N3CCc4sccc4C3)n2N)c1. The lowest BCUT2D eigenvalue weighted by Crippen LogP contribution is -2.36. The molecule has 0 atom stereocenters. The second-order valence-electron chi connectivity index (χ2n) is 7.10. The van der Waals surface area contributed by atoms with E-state index in [2.05, 4.69) is 27.7 Å². The van der Waals surface area contributed by atoms with Gasteiger partial charge in [-0.1, -0.05) is 17.8 Å². The molecule has 1 aliphatic rings. The molecule has 4 rings (SSSR count). The highest BCUT2D eigenvalue weighted by molar-refractivity contribution is 7.99. The number of nitrogen functional groups attached to an aromatic ring is 1. The van der Waals surface area contributed by atoms with E-state index in [1.807, 2.05) is 30.9 Å². The van der Waals surface area contributed by atoms with E-state index < -0.39 is 0 Å². The van der Waals surface area contributed by atoms with Crippen LogP contribution < -0.4 is 10.6 Å². The molecule has 3 aromatic rings. The average molecular weight is 430 g/mol. The number of amides is 1. The highest BCUT2D eigenvalue weighted by Gasteiger charge is 2.22. The number of nitrogens with zero attached hydrogens (tertiary/aromatic N) is 4. The second kappa shape index (κ2) is 8.46. The van der Waals surface area contributed by atoms with Gasteiger partial charge in [0.1, 0.15) is 12.4 Å². The van der Waals surface area contributed by atoms with Crippen molar-refractivity contribution in [3.63, 3.8) is 0 Å². The Balaban J connectivity index is 1.32. The number of carbonyl (C=O) groups is 1. The molecule has 2 aromatic heterocycles. The van der Waals surface area contributed by atoms with Crippen LogP contribution in [0.15, 0.2) is 34.8 Å². The quantitative estimate of drug-likeness (QED) is 0.479. The van der Waals surface area contributed by atoms with Crippen molar-refractivity contribution in [1.29, 1.82) is 0 Å². The molecule has 2 N–H and O–H groups in total. The van der Waals surface area contributed by atoms with Gasteiger partial charge in [0.25, 0.3) is 0 Å². The fourth-order valence-electron chi connectivity index (χ4n) is 3.35. The maximum atomic E-state index is 12.6. The van der Waals surface area contributed by atoms with Crippen molar-refractivity contribution in [2.45, 2.75) is 38.6 Å². The molecule has 0 spiro atoms. The molecule has 0 aliphatic carbocycles. The first-order valence-electron chi connectivity index (χ1n) is 9.36. The number of rotatable bonds is 6. The van der Waals surface area contributed by atoms with Crippen LogP contribution in [0.25, 0.3) is 0 Å². The Morgan fingerprint density at radius 2 is 2.07 bits per heavy atom. The molecule has 9 heteroatoms. The zero-order valence-corrected chi connectivity index (χ0v) is 18.1. The van der Waals surface area contributed by atoms with Gasteiger partial charge in [0.15, 0.2) is 5.82 Å². The van der Waals surface area contributed by atoms with Gasteiger partial charge in [0.05, 0.1) is 5.75 Å². The number of benzene rings is 1. The summed E-state index contributed by atoms with van der Waals surface area (Å²) in [6, 6.07) is 8.13. The molecular formula is C20H23N5O2S2. The number of aromatic nitrogens is 3. The molecule has 0 saturated carbocycles. The Morgan fingerprint density at radius 1 is 1.28 bits per heavy atom. The first-order valence-corrected chi connectivity index (χ1v) is 11.2. The summed E-state index contributed by atoms with van der Waals surface area (Å²) in [6.45, 7) is 5.71. The molecular weight excluding hydrogens is 406 g/mol. The second-order valence-corrected chi connectivity index (χ2v) is 9.05. The Bertz CT molecular complexity index is 1010. The van der Waals surface area contributed by atoms with Crippen LogP contribution in [-0.4, -0.2) is 38.0 Å². The summed E-state index contributed by atoms with van der Waals surface area (Å²) in [5.74, 6) is 7.76. The van der Waals surface area contributed by atoms with Crippen LogP contribution in [0.1, 0.15) is 27.4 Å². The molecule has 29 heavy (non-hydrogen) atoms. The lowest BCUT2D eigenvalue weighted by Gasteiger charge is -2.26. The number of thiophene rings is 1. The van der Waals surface area contributed by atoms with Gasteiger partial charge < -0.3 is 15.5 Å². The third kappa shape index (κ3) is 4.56. The molecule has 1 amide bonds. The molecule has 152 valence electrons. The van der Waals surface area contributed by atoms with Crippen molar-refractivity contribution < 1.29 is 9.53 Å². The smallest absolute Gasteiger partial charge is 0.233 e. The third-order valence-corrected chi connectivity index (χ3v) is 6.73. The lowest BCUT2D eigenvalue weighted by molar-refractivity contribution is -0.129. The fourth-order valence-corrected chi connectivity index (χ4v) is 5.01. The molecule has 1 aromatic carbocycles. The highest BCUT2D eigenvalue weighted by atomic mass is 32.2. The predicted molar refractivity (Wildman–Crippen MR) is 115 cm³/mol. The number of hydrogen-bond acceptors (Lipinski definition) is 7. The summed E-state index contributed by atoms with van der Waals surface area (Å²) in [5, 5.41) is 10.8. The van der Waals surface area contributed by atoms with Crippen molar-refractivity contribution in [1.82, 2.24) is 19.8 Å². The Morgan fingerprint density at radius 3 is 2.86 bits per heavy atom. The molecule has 0 unspecified atom stereocenters. The van der Waals surface area contributed by atoms with E-state index in [0.29, 0.717) is 17.5 Å². The van der Waals surface area contributed by atoms with Gasteiger partial charge in [-0.25, -0.2) is 4.68 Å². The number of carbonyl (C=O) groups excluding carboxylic acids is 1. The van der Waals surface area contributed by atoms with E-state index in [0.717, 1.165) is 29.8 Å². The van der Waals surface area contributed by atoms with E-state index in [-0.39, 0.29) is 18.3 Å². The van der Waals surface area contributed by atoms with Crippen LogP contribution in [0.3, 0.4) is 0 Å². The largest absolute Gasteiger partial charge is 0.486 e. The van der Waals surface area contributed by atoms with Gasteiger partial charge in [0.2, 0.25) is 11.1 Å². The Labute approximate surface area is 177 Å². The number of ether oxygens (including phenoxy) is 1. The van der Waals surface area contributed by atoms with Gasteiger partial charge in [-0.2, -0.15) is 0 Å². The van der Waals surface area contributed by atoms with Crippen molar-refractivity contribution >= 4 is 29.0 Å². The molecule has 7 nitrogen and oxygen atoms in total. The lowest BCUT2D eigenvalue weighted by atomic mass is 10.1. The Hall–Kier alpha value is -2.52. The standard InChI is InChI=1S/C20H23N5O2S2/c1-13-7-14(2)9-16(8-13)27-11-18-22-23-20(25(18)21)29-12-19(26)24-5-3-17-15(10-24)4-6-28-17/h4,6-9H,3,5,10-12,21H2,1-2H3. The summed E-state index contributed by atoms with van der Waals surface area (Å²) in [6.07, 6.45) is 0.927. The van der Waals surface area contributed by atoms with Gasteiger partial charge in [-0.05, 0) is 60.5 Å². The molecule has 0 fully saturated rings. The number of aryl methyl sites for hydroxylation is 2. The van der Waals surface area contributed by atoms with Gasteiger partial charge >= 0.3 is 0 Å². The zero-order chi connectivity index (χ0) is 20.4. The number of thioether (sulfide) groups is 1. The van der Waals surface area contributed by atoms with E-state index in [9.17, 15) is 4.79 Å². The summed E-state index contributed by atoms with van der Waals surface area (Å²) >= 11 is 3.07. The summed E-state index contributed by atoms with van der Waals surface area (Å²) in [5.41, 5.74) is 3.53. The van der Waals surface area contributed by atoms with Crippen LogP contribution in [0.4, 0.5) is 0 Å². The van der Waals surface area contributed by atoms with Crippen LogP contribution in [-0.2, 0) is 24.4 Å². The molecule has 1 aliphatic heterocycles. The summed E-state index contributed by atoms with van der Waals surface area (Å²) in [4.78, 5) is 15.9. The normalized spacial score (nSPS) is 13.4. The molecule has 0 saturated heterocycles. The summed E-state index contributed by atoms with van der Waals surface area (Å²) < 4.78 is 7.20. The zero-order valence-electron chi connectivity index (χ0n) is 16.4. The minimum absolute atomic E-state index is 0.0860. The van der Waals surface area contributed by atoms with Crippen molar-refractivity contribution in [3.8, 4) is 5.75 Å². The minimum Gasteiger partial charge on any atom is -0.486 e. The van der Waals surface area contributed by atoms with E-state index in [1.165, 1.54) is 26.9 Å². The molecule has 0 bridgehead atoms. The van der Waals surface area contributed by atoms with Crippen LogP contribution in [0.5, 0.6) is 5.75 Å². The summed E-state index contributed by atoms with van der Waals surface area (Å²) in [7, 11) is 0. The maximum Gasteiger partial charge on any atom is 0.233 e. The van der Waals surface area contributed by atoms with Crippen molar-refractivity contribution in [3.05, 3.63) is 57.0 Å². The minimum atomic E-state index is 0.0860. The van der Waals surface area contributed by atoms with Crippen LogP contribution >= 0.6 is 23.1 Å². The van der Waals surface area contributed by atoms with Crippen molar-refractivity contribution in [2.75, 3.05) is 18.1 Å². The first kappa shape index (κ1) is 19.8. The maximum absolute atomic E-state index is 12.6. The number of nitrogens with two attached hydrogens (primary N) is 1. The fraction of sp³-hybridized carbons (Fsp3) is 0.350. The van der Waals surface area contributed by atoms with Crippen LogP contribution in [0, 0.1) is 13.8 Å². The number of fused-ring (bicyclic) bond motifs is 1. The van der Waals surface area contributed by atoms with E-state index in [1.54, 1.807) is 11.3 Å². The van der Waals surface area contributed by atoms with E-state index in [4.69, 9.17) is 10.6 Å². The number of hydrogen-bond donors (Lipinski definition) is 1. The first-order chi connectivity index (χ1) is 14.0. The van der Waals surface area contributed by atoms with Gasteiger partial charge in [-0.15, -0.1) is 21.5 Å². The molecule has 3 heterocycles. The monoisotopic (exact) mass is 429 g/mol. The van der Waals surface area contributed by atoms with Gasteiger partial charge in [-0.3, -0.25) is 4.79 Å². The van der Waals surface area contributed by atoms with Gasteiger partial charge in [0, 0.05) is 18.0 Å². The topological polar surface area (TPSA) is 86.3 Å². The van der Waals surface area contributed by atoms with Crippen molar-refractivity contribution in [2.24, 2.45) is 0 Å².